The lowest BCUT2D eigenvalue weighted by atomic mass is 10.0. The minimum atomic E-state index is -3.31. The summed E-state index contributed by atoms with van der Waals surface area (Å²) in [5.41, 5.74) is 2.93. The average Bonchev–Trinajstić information content (AvgIpc) is 3.13. The normalized spacial score (nSPS) is 13.2. The van der Waals surface area contributed by atoms with Crippen molar-refractivity contribution in [3.8, 4) is 11.1 Å². The minimum Gasteiger partial charge on any atom is -0.610 e. The molecule has 4 rings (SSSR count). The van der Waals surface area contributed by atoms with Gasteiger partial charge in [-0.25, -0.2) is 9.37 Å². The summed E-state index contributed by atoms with van der Waals surface area (Å²) in [5.74, 6) is -0.730. The number of nitrogens with one attached hydrogen (secondary N) is 1. The van der Waals surface area contributed by atoms with Crippen LogP contribution in [0.1, 0.15) is 16.1 Å². The van der Waals surface area contributed by atoms with Crippen molar-refractivity contribution in [1.29, 1.82) is 0 Å². The maximum atomic E-state index is 13.1. The summed E-state index contributed by atoms with van der Waals surface area (Å²) in [5, 5.41) is 7.76. The van der Waals surface area contributed by atoms with Crippen molar-refractivity contribution in [3.63, 3.8) is 0 Å². The van der Waals surface area contributed by atoms with E-state index in [1.165, 1.54) is 24.3 Å². The van der Waals surface area contributed by atoms with E-state index in [0.29, 0.717) is 11.2 Å². The lowest BCUT2D eigenvalue weighted by Crippen LogP contribution is -2.24. The van der Waals surface area contributed by atoms with E-state index in [1.54, 1.807) is 48.3 Å². The Hall–Kier alpha value is -3.43. The zero-order valence-electron chi connectivity index (χ0n) is 16.8. The number of halogens is 1. The third-order valence-corrected chi connectivity index (χ3v) is 6.03. The number of aryl methyl sites for hydroxylation is 1. The molecule has 0 fully saturated rings. The van der Waals surface area contributed by atoms with Crippen molar-refractivity contribution in [1.82, 2.24) is 20.1 Å². The summed E-state index contributed by atoms with van der Waals surface area (Å²) in [7, 11) is -1.59. The van der Waals surface area contributed by atoms with Crippen molar-refractivity contribution in [3.05, 3.63) is 77.9 Å². The first-order valence-corrected chi connectivity index (χ1v) is 11.3. The van der Waals surface area contributed by atoms with Crippen LogP contribution < -0.4 is 5.32 Å². The van der Waals surface area contributed by atoms with Gasteiger partial charge in [0.1, 0.15) is 17.8 Å². The number of fused-ring (bicyclic) bond motifs is 1. The Morgan fingerprint density at radius 2 is 1.84 bits per heavy atom. The number of carbonyl (C=O) groups excluding carboxylic acids is 1. The van der Waals surface area contributed by atoms with E-state index in [4.69, 9.17) is 0 Å². The Morgan fingerprint density at radius 1 is 1.16 bits per heavy atom. The molecule has 1 atom stereocenters. The molecule has 0 aliphatic heterocycles. The van der Waals surface area contributed by atoms with Crippen LogP contribution >= 0.6 is 0 Å². The molecular formula is C22H19FN4O3S. The largest absolute Gasteiger partial charge is 0.610 e. The molecule has 0 saturated heterocycles. The van der Waals surface area contributed by atoms with Gasteiger partial charge in [0.2, 0.25) is 0 Å². The van der Waals surface area contributed by atoms with Gasteiger partial charge in [-0.3, -0.25) is 9.48 Å². The number of pyridine rings is 1. The van der Waals surface area contributed by atoms with E-state index in [1.807, 2.05) is 0 Å². The zero-order valence-corrected chi connectivity index (χ0v) is 17.6. The fourth-order valence-corrected chi connectivity index (χ4v) is 3.86. The average molecular weight is 438 g/mol. The van der Waals surface area contributed by atoms with Crippen LogP contribution in [0.5, 0.6) is 0 Å². The molecule has 158 valence electrons. The molecule has 31 heavy (non-hydrogen) atoms. The maximum Gasteiger partial charge on any atom is 0.270 e. The molecule has 2 aromatic carbocycles. The van der Waals surface area contributed by atoms with Crippen molar-refractivity contribution >= 4 is 27.2 Å². The van der Waals surface area contributed by atoms with Crippen LogP contribution in [0.4, 0.5) is 4.39 Å². The van der Waals surface area contributed by atoms with Gasteiger partial charge in [-0.05, 0) is 59.2 Å². The molecule has 4 aromatic rings. The Kier molecular flexibility index (Phi) is 5.38. The molecule has 0 radical (unpaired) electrons. The monoisotopic (exact) mass is 438 g/mol. The van der Waals surface area contributed by atoms with Gasteiger partial charge in [-0.15, -0.1) is 4.21 Å². The first-order valence-electron chi connectivity index (χ1n) is 9.38. The van der Waals surface area contributed by atoms with E-state index in [9.17, 15) is 17.9 Å². The van der Waals surface area contributed by atoms with Gasteiger partial charge in [0.25, 0.3) is 5.91 Å². The van der Waals surface area contributed by atoms with Crippen LogP contribution in [0.3, 0.4) is 0 Å². The third kappa shape index (κ3) is 4.37. The lowest BCUT2D eigenvalue weighted by Gasteiger charge is -2.11. The smallest absolute Gasteiger partial charge is 0.270 e. The lowest BCUT2D eigenvalue weighted by molar-refractivity contribution is 0.0946. The minimum absolute atomic E-state index is 0.195. The highest BCUT2D eigenvalue weighted by atomic mass is 32.3. The fourth-order valence-electron chi connectivity index (χ4n) is 3.23. The highest BCUT2D eigenvalue weighted by molar-refractivity contribution is 7.97. The van der Waals surface area contributed by atoms with Gasteiger partial charge in [0.05, 0.1) is 16.4 Å². The van der Waals surface area contributed by atoms with Crippen LogP contribution in [0.25, 0.3) is 22.2 Å². The third-order valence-electron chi connectivity index (χ3n) is 4.90. The van der Waals surface area contributed by atoms with Gasteiger partial charge in [0.15, 0.2) is 10.5 Å². The molecule has 7 nitrogen and oxygen atoms in total. The topological polar surface area (TPSA) is 99.9 Å². The second-order valence-corrected chi connectivity index (χ2v) is 9.18. The van der Waals surface area contributed by atoms with E-state index >= 15 is 0 Å². The number of benzene rings is 2. The zero-order chi connectivity index (χ0) is 22.2. The number of carbonyl (C=O) groups is 1. The van der Waals surface area contributed by atoms with E-state index in [-0.39, 0.29) is 28.9 Å². The highest BCUT2D eigenvalue weighted by Gasteiger charge is 2.17. The van der Waals surface area contributed by atoms with Crippen molar-refractivity contribution in [2.45, 2.75) is 11.4 Å². The summed E-state index contributed by atoms with van der Waals surface area (Å²) in [6.07, 6.45) is 2.81. The van der Waals surface area contributed by atoms with Crippen LogP contribution in [0, 0.1) is 5.82 Å². The number of nitrogens with zero attached hydrogens (tertiary/aromatic N) is 3. The van der Waals surface area contributed by atoms with Gasteiger partial charge >= 0.3 is 0 Å². The highest BCUT2D eigenvalue weighted by Crippen LogP contribution is 2.29. The summed E-state index contributed by atoms with van der Waals surface area (Å²) in [6, 6.07) is 14.0. The van der Waals surface area contributed by atoms with Gasteiger partial charge in [-0.1, -0.05) is 12.1 Å². The standard InChI is InChI=1S/C22H19FN4O3S/c1-27-21-19(13-25-27)18(15-5-9-17(10-6-15)31(2,29)30)11-20(26-21)22(28)24-12-14-3-7-16(23)8-4-14/h3-11,13H,12H2,1-2H3,(H-,24,28,29,30). The Morgan fingerprint density at radius 3 is 2.48 bits per heavy atom. The molecule has 0 aliphatic rings. The predicted molar refractivity (Wildman–Crippen MR) is 115 cm³/mol. The number of aromatic nitrogens is 3. The summed E-state index contributed by atoms with van der Waals surface area (Å²) in [6.45, 7) is 0.225. The SMILES string of the molecule is Cn1ncc2c(-c3ccc([S+](C)(=O)[O-])cc3)cc(C(=O)NCc3ccc(F)cc3)nc21. The van der Waals surface area contributed by atoms with Crippen LogP contribution in [-0.4, -0.2) is 31.5 Å². The Bertz CT molecular complexity index is 1310. The molecule has 9 heteroatoms. The number of rotatable bonds is 5. The van der Waals surface area contributed by atoms with Gasteiger partial charge in [-0.2, -0.15) is 5.10 Å². The number of hydrogen-bond acceptors (Lipinski definition) is 5. The molecule has 0 bridgehead atoms. The van der Waals surface area contributed by atoms with Gasteiger partial charge in [0, 0.05) is 19.0 Å². The summed E-state index contributed by atoms with van der Waals surface area (Å²) < 4.78 is 38.1. The van der Waals surface area contributed by atoms with Crippen LogP contribution in [0.15, 0.2) is 65.7 Å². The predicted octanol–water partition coefficient (Wildman–Crippen LogP) is 3.32. The second kappa shape index (κ2) is 8.01. The molecule has 0 saturated carbocycles. The first kappa shape index (κ1) is 20.8. The maximum absolute atomic E-state index is 13.1. The van der Waals surface area contributed by atoms with E-state index < -0.39 is 10.2 Å². The van der Waals surface area contributed by atoms with E-state index in [0.717, 1.165) is 22.8 Å². The molecule has 2 aromatic heterocycles. The number of hydrogen-bond donors (Lipinski definition) is 1. The Balaban J connectivity index is 1.69. The van der Waals surface area contributed by atoms with Crippen molar-refractivity contribution in [2.24, 2.45) is 7.05 Å². The number of amides is 1. The van der Waals surface area contributed by atoms with Gasteiger partial charge < -0.3 is 9.87 Å². The molecule has 1 amide bonds. The quantitative estimate of drug-likeness (QED) is 0.482. The molecule has 1 unspecified atom stereocenters. The van der Waals surface area contributed by atoms with E-state index in [2.05, 4.69) is 15.4 Å². The second-order valence-electron chi connectivity index (χ2n) is 7.17. The summed E-state index contributed by atoms with van der Waals surface area (Å²) in [4.78, 5) is 17.4. The molecule has 0 spiro atoms. The van der Waals surface area contributed by atoms with Crippen molar-refractivity contribution in [2.75, 3.05) is 6.26 Å². The fraction of sp³-hybridized carbons (Fsp3) is 0.136. The molecule has 1 N–H and O–H groups in total. The van der Waals surface area contributed by atoms with Crippen LogP contribution in [0.2, 0.25) is 0 Å². The first-order chi connectivity index (χ1) is 14.7. The number of sulfone groups is 1. The van der Waals surface area contributed by atoms with Crippen LogP contribution in [-0.2, 0) is 28.0 Å². The molecule has 0 aliphatic carbocycles. The molecular weight excluding hydrogens is 419 g/mol. The van der Waals surface area contributed by atoms with Crippen molar-refractivity contribution < 1.29 is 17.9 Å². The summed E-state index contributed by atoms with van der Waals surface area (Å²) >= 11 is 0. The molecule has 2 heterocycles. The Labute approximate surface area is 179 Å².